The summed E-state index contributed by atoms with van der Waals surface area (Å²) in [6.45, 7) is -0.730. The monoisotopic (exact) mass is 200 g/mol. The zero-order valence-electron chi connectivity index (χ0n) is 7.72. The molecule has 0 atom stereocenters. The van der Waals surface area contributed by atoms with E-state index in [0.29, 0.717) is 0 Å². The maximum absolute atomic E-state index is 13.1. The fourth-order valence-corrected chi connectivity index (χ4v) is 1.07. The third-order valence-electron chi connectivity index (χ3n) is 1.80. The molecular formula is C10H10F2O2. The molecule has 0 aliphatic carbocycles. The van der Waals surface area contributed by atoms with Crippen LogP contribution in [-0.2, 0) is 0 Å². The molecule has 1 rings (SSSR count). The number of carbonyl (C=O) groups excluding carboxylic acids is 1. The van der Waals surface area contributed by atoms with Gasteiger partial charge in [0.15, 0.2) is 17.3 Å². The van der Waals surface area contributed by atoms with Crippen LogP contribution in [0.1, 0.15) is 16.8 Å². The van der Waals surface area contributed by atoms with Crippen LogP contribution in [0.15, 0.2) is 18.2 Å². The van der Waals surface area contributed by atoms with Crippen molar-refractivity contribution in [3.8, 4) is 5.75 Å². The first kappa shape index (κ1) is 10.6. The summed E-state index contributed by atoms with van der Waals surface area (Å²) < 4.78 is 29.6. The highest BCUT2D eigenvalue weighted by Gasteiger charge is 2.09. The van der Waals surface area contributed by atoms with E-state index < -0.39 is 18.3 Å². The minimum Gasteiger partial charge on any atom is -0.494 e. The van der Waals surface area contributed by atoms with Crippen molar-refractivity contribution in [1.29, 1.82) is 0 Å². The van der Waals surface area contributed by atoms with Crippen molar-refractivity contribution in [1.82, 2.24) is 0 Å². The predicted molar refractivity (Wildman–Crippen MR) is 47.9 cm³/mol. The topological polar surface area (TPSA) is 26.3 Å². The Bertz CT molecular complexity index is 337. The molecule has 0 heterocycles. The van der Waals surface area contributed by atoms with Gasteiger partial charge in [0.25, 0.3) is 0 Å². The lowest BCUT2D eigenvalue weighted by molar-refractivity contribution is 0.0973. The van der Waals surface area contributed by atoms with E-state index >= 15 is 0 Å². The standard InChI is InChI=1S/C10H10F2O2/c1-14-10-3-2-7(6-8(10)12)9(13)4-5-11/h2-3,6H,4-5H2,1H3. The Morgan fingerprint density at radius 2 is 2.21 bits per heavy atom. The smallest absolute Gasteiger partial charge is 0.165 e. The molecular weight excluding hydrogens is 190 g/mol. The number of hydrogen-bond donors (Lipinski definition) is 0. The fraction of sp³-hybridized carbons (Fsp3) is 0.300. The normalized spacial score (nSPS) is 9.93. The summed E-state index contributed by atoms with van der Waals surface area (Å²) >= 11 is 0. The second-order valence-corrected chi connectivity index (χ2v) is 2.71. The molecule has 4 heteroatoms. The van der Waals surface area contributed by atoms with Crippen molar-refractivity contribution in [3.63, 3.8) is 0 Å². The van der Waals surface area contributed by atoms with E-state index in [1.165, 1.54) is 19.2 Å². The number of benzene rings is 1. The molecule has 0 amide bonds. The van der Waals surface area contributed by atoms with Crippen molar-refractivity contribution in [2.75, 3.05) is 13.8 Å². The molecule has 0 N–H and O–H groups in total. The van der Waals surface area contributed by atoms with E-state index in [9.17, 15) is 13.6 Å². The Morgan fingerprint density at radius 3 is 2.71 bits per heavy atom. The van der Waals surface area contributed by atoms with E-state index in [2.05, 4.69) is 4.74 Å². The van der Waals surface area contributed by atoms with Gasteiger partial charge in [0.1, 0.15) is 0 Å². The van der Waals surface area contributed by atoms with Gasteiger partial charge in [0, 0.05) is 12.0 Å². The number of ether oxygens (including phenoxy) is 1. The summed E-state index contributed by atoms with van der Waals surface area (Å²) in [6, 6.07) is 3.82. The molecule has 0 saturated heterocycles. The van der Waals surface area contributed by atoms with Crippen LogP contribution in [0.2, 0.25) is 0 Å². The van der Waals surface area contributed by atoms with Gasteiger partial charge in [-0.25, -0.2) is 4.39 Å². The molecule has 0 aromatic heterocycles. The van der Waals surface area contributed by atoms with Crippen molar-refractivity contribution in [2.24, 2.45) is 0 Å². The maximum atomic E-state index is 13.1. The minimum absolute atomic E-state index is 0.0711. The lowest BCUT2D eigenvalue weighted by atomic mass is 10.1. The Kier molecular flexibility index (Phi) is 3.56. The minimum atomic E-state index is -0.730. The van der Waals surface area contributed by atoms with E-state index in [1.807, 2.05) is 0 Å². The summed E-state index contributed by atoms with van der Waals surface area (Å²) in [5.74, 6) is -0.951. The third-order valence-corrected chi connectivity index (χ3v) is 1.80. The number of hydrogen-bond acceptors (Lipinski definition) is 2. The molecule has 0 aliphatic heterocycles. The van der Waals surface area contributed by atoms with Crippen LogP contribution in [0.25, 0.3) is 0 Å². The van der Waals surface area contributed by atoms with Crippen molar-refractivity contribution in [2.45, 2.75) is 6.42 Å². The zero-order chi connectivity index (χ0) is 10.6. The molecule has 2 nitrogen and oxygen atoms in total. The summed E-state index contributed by atoms with van der Waals surface area (Å²) in [4.78, 5) is 11.1. The Hall–Kier alpha value is -1.45. The summed E-state index contributed by atoms with van der Waals surface area (Å²) in [7, 11) is 1.33. The first-order valence-corrected chi connectivity index (χ1v) is 4.11. The van der Waals surface area contributed by atoms with Crippen LogP contribution >= 0.6 is 0 Å². The summed E-state index contributed by atoms with van der Waals surface area (Å²) in [5, 5.41) is 0. The second kappa shape index (κ2) is 4.69. The highest BCUT2D eigenvalue weighted by Crippen LogP contribution is 2.18. The number of rotatable bonds is 4. The maximum Gasteiger partial charge on any atom is 0.165 e. The molecule has 1 aromatic carbocycles. The van der Waals surface area contributed by atoms with Gasteiger partial charge in [-0.05, 0) is 18.2 Å². The lowest BCUT2D eigenvalue weighted by Crippen LogP contribution is -2.01. The third kappa shape index (κ3) is 2.28. The van der Waals surface area contributed by atoms with Crippen LogP contribution in [0, 0.1) is 5.82 Å². The van der Waals surface area contributed by atoms with Crippen molar-refractivity contribution in [3.05, 3.63) is 29.6 Å². The SMILES string of the molecule is COc1ccc(C(=O)CCF)cc1F. The van der Waals surface area contributed by atoms with Crippen LogP contribution < -0.4 is 4.74 Å². The molecule has 0 radical (unpaired) electrons. The van der Waals surface area contributed by atoms with Crippen LogP contribution in [0.3, 0.4) is 0 Å². The highest BCUT2D eigenvalue weighted by molar-refractivity contribution is 5.96. The molecule has 76 valence electrons. The lowest BCUT2D eigenvalue weighted by Gasteiger charge is -2.03. The highest BCUT2D eigenvalue weighted by atomic mass is 19.1. The quantitative estimate of drug-likeness (QED) is 0.697. The van der Waals surface area contributed by atoms with E-state index in [0.717, 1.165) is 6.07 Å². The van der Waals surface area contributed by atoms with Gasteiger partial charge in [0.05, 0.1) is 13.8 Å². The van der Waals surface area contributed by atoms with Gasteiger partial charge < -0.3 is 4.74 Å². The predicted octanol–water partition coefficient (Wildman–Crippen LogP) is 2.38. The van der Waals surface area contributed by atoms with Gasteiger partial charge in [-0.3, -0.25) is 9.18 Å². The van der Waals surface area contributed by atoms with Crippen molar-refractivity contribution >= 4 is 5.78 Å². The number of Topliss-reactive ketones (excluding diaryl/α,β-unsaturated/α-hetero) is 1. The number of ketones is 1. The van der Waals surface area contributed by atoms with Gasteiger partial charge in [-0.2, -0.15) is 0 Å². The molecule has 0 aliphatic rings. The van der Waals surface area contributed by atoms with Crippen LogP contribution in [0.4, 0.5) is 8.78 Å². The average Bonchev–Trinajstić information content (AvgIpc) is 2.18. The van der Waals surface area contributed by atoms with Gasteiger partial charge in [0.2, 0.25) is 0 Å². The first-order valence-electron chi connectivity index (χ1n) is 4.11. The largest absolute Gasteiger partial charge is 0.494 e. The number of carbonyl (C=O) groups is 1. The zero-order valence-corrected chi connectivity index (χ0v) is 7.72. The van der Waals surface area contributed by atoms with E-state index in [4.69, 9.17) is 0 Å². The molecule has 0 saturated carbocycles. The van der Waals surface area contributed by atoms with Crippen molar-refractivity contribution < 1.29 is 18.3 Å². The number of methoxy groups -OCH3 is 1. The Morgan fingerprint density at radius 1 is 1.50 bits per heavy atom. The second-order valence-electron chi connectivity index (χ2n) is 2.71. The van der Waals surface area contributed by atoms with Crippen LogP contribution in [0.5, 0.6) is 5.75 Å². The first-order chi connectivity index (χ1) is 6.69. The van der Waals surface area contributed by atoms with Crippen LogP contribution in [-0.4, -0.2) is 19.6 Å². The molecule has 14 heavy (non-hydrogen) atoms. The van der Waals surface area contributed by atoms with Gasteiger partial charge >= 0.3 is 0 Å². The molecule has 1 aromatic rings. The molecule has 0 unspecified atom stereocenters. The summed E-state index contributed by atoms with van der Waals surface area (Å²) in [6.07, 6.45) is -0.216. The number of halogens is 2. The Labute approximate surface area is 80.5 Å². The summed E-state index contributed by atoms with van der Waals surface area (Å²) in [5.41, 5.74) is 0.168. The average molecular weight is 200 g/mol. The van der Waals surface area contributed by atoms with E-state index in [-0.39, 0.29) is 17.7 Å². The molecule has 0 bridgehead atoms. The molecule has 0 spiro atoms. The van der Waals surface area contributed by atoms with E-state index in [1.54, 1.807) is 0 Å². The molecule has 0 fully saturated rings. The van der Waals surface area contributed by atoms with Gasteiger partial charge in [-0.15, -0.1) is 0 Å². The van der Waals surface area contributed by atoms with Gasteiger partial charge in [-0.1, -0.05) is 0 Å². The fourth-order valence-electron chi connectivity index (χ4n) is 1.07. The number of alkyl halides is 1. The Balaban J connectivity index is 2.91.